The molecule has 0 saturated carbocycles. The number of hydrogen-bond donors (Lipinski definition) is 2. The topological polar surface area (TPSA) is 0 Å². The highest BCUT2D eigenvalue weighted by atomic mass is 32.1. The van der Waals surface area contributed by atoms with Crippen molar-refractivity contribution in [1.82, 2.24) is 0 Å². The number of thiol groups is 2. The molecule has 0 spiro atoms. The third-order valence-electron chi connectivity index (χ3n) is 0.903. The smallest absolute Gasteiger partial charge is 0.00894 e. The van der Waals surface area contributed by atoms with E-state index in [1.807, 2.05) is 0 Å². The van der Waals surface area contributed by atoms with E-state index in [1.54, 1.807) is 5.41 Å². The van der Waals surface area contributed by atoms with Gasteiger partial charge in [0.1, 0.15) is 0 Å². The fourth-order valence-electron chi connectivity index (χ4n) is 0.436. The van der Waals surface area contributed by atoms with E-state index in [2.05, 4.69) is 31.2 Å². The first-order chi connectivity index (χ1) is 4.31. The van der Waals surface area contributed by atoms with Crippen LogP contribution in [0.25, 0.3) is 0 Å². The van der Waals surface area contributed by atoms with Crippen LogP contribution in [-0.2, 0) is 0 Å². The number of unbranched alkanes of at least 4 members (excludes halogenated alkanes) is 1. The molecule has 0 aliphatic carbocycles. The monoisotopic (exact) mass is 158 g/mol. The fraction of sp³-hybridized carbons (Fsp3) is 0.429. The summed E-state index contributed by atoms with van der Waals surface area (Å²) in [5.74, 6) is 2.56. The molecular formula is C7H10S2. The van der Waals surface area contributed by atoms with Crippen molar-refractivity contribution in [3.63, 3.8) is 0 Å². The van der Waals surface area contributed by atoms with Crippen LogP contribution in [0.5, 0.6) is 0 Å². The summed E-state index contributed by atoms with van der Waals surface area (Å²) >= 11 is 8.05. The number of allylic oxidation sites excluding steroid dienone is 1. The van der Waals surface area contributed by atoms with Crippen LogP contribution in [0.1, 0.15) is 19.3 Å². The Bertz CT molecular complexity index is 130. The van der Waals surface area contributed by atoms with E-state index in [0.717, 1.165) is 24.2 Å². The van der Waals surface area contributed by atoms with E-state index in [4.69, 9.17) is 6.42 Å². The maximum atomic E-state index is 5.04. The molecule has 0 aliphatic rings. The predicted octanol–water partition coefficient (Wildman–Crippen LogP) is 2.49. The van der Waals surface area contributed by atoms with Crippen LogP contribution < -0.4 is 0 Å². The second-order valence-electron chi connectivity index (χ2n) is 1.68. The van der Waals surface area contributed by atoms with Crippen molar-refractivity contribution in [2.45, 2.75) is 19.3 Å². The fourth-order valence-corrected chi connectivity index (χ4v) is 0.723. The Balaban J connectivity index is 3.20. The van der Waals surface area contributed by atoms with Crippen molar-refractivity contribution in [1.29, 1.82) is 0 Å². The molecule has 0 aromatic carbocycles. The molecule has 0 fully saturated rings. The van der Waals surface area contributed by atoms with Crippen molar-refractivity contribution >= 4 is 25.3 Å². The summed E-state index contributed by atoms with van der Waals surface area (Å²) in [6.45, 7) is 0. The van der Waals surface area contributed by atoms with Gasteiger partial charge in [0.05, 0.1) is 0 Å². The van der Waals surface area contributed by atoms with Gasteiger partial charge in [0, 0.05) is 6.42 Å². The summed E-state index contributed by atoms with van der Waals surface area (Å²) < 4.78 is 0. The number of terminal acetylenes is 1. The molecule has 2 heteroatoms. The second kappa shape index (κ2) is 6.12. The van der Waals surface area contributed by atoms with E-state index in [0.29, 0.717) is 0 Å². The summed E-state index contributed by atoms with van der Waals surface area (Å²) in [5, 5.41) is 1.69. The molecule has 50 valence electrons. The van der Waals surface area contributed by atoms with Crippen molar-refractivity contribution in [2.24, 2.45) is 0 Å². The minimum atomic E-state index is 0.825. The average Bonchev–Trinajstić information content (AvgIpc) is 1.89. The molecule has 0 amide bonds. The van der Waals surface area contributed by atoms with Gasteiger partial charge >= 0.3 is 0 Å². The molecular weight excluding hydrogens is 148 g/mol. The van der Waals surface area contributed by atoms with Gasteiger partial charge < -0.3 is 0 Å². The molecule has 0 radical (unpaired) electrons. The molecule has 0 aromatic rings. The molecule has 0 atom stereocenters. The maximum absolute atomic E-state index is 5.04. The van der Waals surface area contributed by atoms with E-state index < -0.39 is 0 Å². The zero-order valence-corrected chi connectivity index (χ0v) is 6.96. The highest BCUT2D eigenvalue weighted by Crippen LogP contribution is 2.10. The van der Waals surface area contributed by atoms with Crippen molar-refractivity contribution in [2.75, 3.05) is 0 Å². The quantitative estimate of drug-likeness (QED) is 0.352. The van der Waals surface area contributed by atoms with Gasteiger partial charge in [-0.3, -0.25) is 0 Å². The largest absolute Gasteiger partial charge is 0.151 e. The Morgan fingerprint density at radius 2 is 2.33 bits per heavy atom. The molecule has 0 aromatic heterocycles. The van der Waals surface area contributed by atoms with Gasteiger partial charge in [-0.2, -0.15) is 12.6 Å². The second-order valence-corrected chi connectivity index (χ2v) is 2.51. The van der Waals surface area contributed by atoms with Crippen LogP contribution in [0.15, 0.2) is 10.3 Å². The third-order valence-corrected chi connectivity index (χ3v) is 1.77. The Morgan fingerprint density at radius 1 is 1.67 bits per heavy atom. The van der Waals surface area contributed by atoms with Crippen LogP contribution in [0.3, 0.4) is 0 Å². The van der Waals surface area contributed by atoms with Gasteiger partial charge in [-0.05, 0) is 23.2 Å². The minimum Gasteiger partial charge on any atom is -0.151 e. The van der Waals surface area contributed by atoms with Crippen molar-refractivity contribution < 1.29 is 0 Å². The molecule has 0 heterocycles. The minimum absolute atomic E-state index is 0.825. The first-order valence-electron chi connectivity index (χ1n) is 2.77. The molecule has 0 bridgehead atoms. The van der Waals surface area contributed by atoms with Gasteiger partial charge in [0.15, 0.2) is 0 Å². The average molecular weight is 158 g/mol. The zero-order chi connectivity index (χ0) is 7.11. The Morgan fingerprint density at radius 3 is 2.78 bits per heavy atom. The van der Waals surface area contributed by atoms with E-state index >= 15 is 0 Å². The number of hydrogen-bond acceptors (Lipinski definition) is 2. The Kier molecular flexibility index (Phi) is 6.12. The van der Waals surface area contributed by atoms with Gasteiger partial charge in [-0.1, -0.05) is 0 Å². The Hall–Kier alpha value is -0.000000000000000111. The van der Waals surface area contributed by atoms with Gasteiger partial charge in [0.2, 0.25) is 0 Å². The molecule has 0 aliphatic heterocycles. The standard InChI is InChI=1S/C7H10S2/c1-2-3-4-5-7(9)6-8/h1,6,8-9H,3-5H2/b7-6-. The summed E-state index contributed by atoms with van der Waals surface area (Å²) in [4.78, 5) is 0.994. The van der Waals surface area contributed by atoms with Crippen molar-refractivity contribution in [3.05, 3.63) is 10.3 Å². The molecule has 0 unspecified atom stereocenters. The van der Waals surface area contributed by atoms with Gasteiger partial charge in [-0.25, -0.2) is 0 Å². The molecule has 0 nitrogen and oxygen atoms in total. The predicted molar refractivity (Wildman–Crippen MR) is 48.7 cm³/mol. The lowest BCUT2D eigenvalue weighted by atomic mass is 10.2. The van der Waals surface area contributed by atoms with E-state index in [1.165, 1.54) is 0 Å². The van der Waals surface area contributed by atoms with Crippen LogP contribution in [0.4, 0.5) is 0 Å². The van der Waals surface area contributed by atoms with Crippen LogP contribution in [0, 0.1) is 12.3 Å². The lowest BCUT2D eigenvalue weighted by Crippen LogP contribution is -1.72. The first-order valence-corrected chi connectivity index (χ1v) is 3.73. The van der Waals surface area contributed by atoms with E-state index in [-0.39, 0.29) is 0 Å². The van der Waals surface area contributed by atoms with Crippen LogP contribution in [0.2, 0.25) is 0 Å². The maximum Gasteiger partial charge on any atom is 0.00894 e. The molecule has 0 rings (SSSR count). The molecule has 0 saturated heterocycles. The molecule has 9 heavy (non-hydrogen) atoms. The normalized spacial score (nSPS) is 11.0. The third kappa shape index (κ3) is 5.88. The first kappa shape index (κ1) is 9.00. The Labute approximate surface area is 67.5 Å². The highest BCUT2D eigenvalue weighted by molar-refractivity contribution is 7.87. The highest BCUT2D eigenvalue weighted by Gasteiger charge is 1.86. The lowest BCUT2D eigenvalue weighted by Gasteiger charge is -1.92. The summed E-state index contributed by atoms with van der Waals surface area (Å²) in [6.07, 6.45) is 7.82. The van der Waals surface area contributed by atoms with Gasteiger partial charge in [-0.15, -0.1) is 25.0 Å². The van der Waals surface area contributed by atoms with Crippen LogP contribution >= 0.6 is 25.3 Å². The summed E-state index contributed by atoms with van der Waals surface area (Å²) in [5.41, 5.74) is 0. The summed E-state index contributed by atoms with van der Waals surface area (Å²) in [7, 11) is 0. The zero-order valence-electron chi connectivity index (χ0n) is 5.17. The molecule has 0 N–H and O–H groups in total. The van der Waals surface area contributed by atoms with E-state index in [9.17, 15) is 0 Å². The lowest BCUT2D eigenvalue weighted by molar-refractivity contribution is 0.879. The van der Waals surface area contributed by atoms with Gasteiger partial charge in [0.25, 0.3) is 0 Å². The van der Waals surface area contributed by atoms with Crippen LogP contribution in [-0.4, -0.2) is 0 Å². The summed E-state index contributed by atoms with van der Waals surface area (Å²) in [6, 6.07) is 0. The van der Waals surface area contributed by atoms with Crippen molar-refractivity contribution in [3.8, 4) is 12.3 Å². The number of rotatable bonds is 3. The SMILES string of the molecule is C#CCCC/C(S)=C/S.